The molecule has 0 aliphatic carbocycles. The summed E-state index contributed by atoms with van der Waals surface area (Å²) in [5, 5.41) is 2.81. The van der Waals surface area contributed by atoms with Gasteiger partial charge in [-0.15, -0.1) is 0 Å². The molecule has 0 aromatic heterocycles. The number of carbonyl (C=O) groups excluding carboxylic acids is 1. The maximum Gasteiger partial charge on any atom is 0.264 e. The Morgan fingerprint density at radius 3 is 2.29 bits per heavy atom. The number of methoxy groups -OCH3 is 2. The molecule has 1 amide bonds. The molecule has 0 aliphatic rings. The van der Waals surface area contributed by atoms with Crippen LogP contribution in [-0.4, -0.2) is 42.2 Å². The highest BCUT2D eigenvalue weighted by molar-refractivity contribution is 7.92. The van der Waals surface area contributed by atoms with Crippen LogP contribution in [0.15, 0.2) is 71.6 Å². The lowest BCUT2D eigenvalue weighted by molar-refractivity contribution is 0.102. The van der Waals surface area contributed by atoms with Crippen LogP contribution < -0.4 is 23.8 Å². The summed E-state index contributed by atoms with van der Waals surface area (Å²) in [6.45, 7) is 2.57. The van der Waals surface area contributed by atoms with Crippen molar-refractivity contribution in [2.24, 2.45) is 0 Å². The molecule has 8 nitrogen and oxygen atoms in total. The molecular formula is C26H30N2O6S. The lowest BCUT2D eigenvalue weighted by atomic mass is 10.2. The monoisotopic (exact) mass is 498 g/mol. The minimum absolute atomic E-state index is 0.00599. The number of unbranched alkanes of at least 4 members (excludes halogenated alkanes) is 1. The molecule has 1 N–H and O–H groups in total. The van der Waals surface area contributed by atoms with Crippen molar-refractivity contribution in [3.63, 3.8) is 0 Å². The molecule has 0 bridgehead atoms. The van der Waals surface area contributed by atoms with Crippen molar-refractivity contribution in [2.75, 3.05) is 37.5 Å². The molecule has 9 heteroatoms. The van der Waals surface area contributed by atoms with Gasteiger partial charge in [0.05, 0.1) is 37.1 Å². The van der Waals surface area contributed by atoms with Crippen LogP contribution in [-0.2, 0) is 10.0 Å². The second kappa shape index (κ2) is 11.6. The van der Waals surface area contributed by atoms with Crippen LogP contribution >= 0.6 is 0 Å². The summed E-state index contributed by atoms with van der Waals surface area (Å²) in [6.07, 6.45) is 1.85. The lowest BCUT2D eigenvalue weighted by Gasteiger charge is -2.20. The molecule has 0 aliphatic heterocycles. The molecule has 0 fully saturated rings. The molecule has 0 saturated carbocycles. The summed E-state index contributed by atoms with van der Waals surface area (Å²) >= 11 is 0. The fraction of sp³-hybridized carbons (Fsp3) is 0.269. The molecule has 186 valence electrons. The van der Waals surface area contributed by atoms with E-state index in [1.807, 2.05) is 0 Å². The smallest absolute Gasteiger partial charge is 0.264 e. The molecule has 0 unspecified atom stereocenters. The Bertz CT molecular complexity index is 1260. The van der Waals surface area contributed by atoms with Gasteiger partial charge in [0, 0.05) is 18.7 Å². The van der Waals surface area contributed by atoms with Gasteiger partial charge >= 0.3 is 0 Å². The Balaban J connectivity index is 1.85. The molecule has 3 aromatic carbocycles. The third kappa shape index (κ3) is 6.24. The van der Waals surface area contributed by atoms with Crippen LogP contribution in [0.2, 0.25) is 0 Å². The number of benzene rings is 3. The summed E-state index contributed by atoms with van der Waals surface area (Å²) in [7, 11) is 0.625. The highest BCUT2D eigenvalue weighted by Crippen LogP contribution is 2.30. The van der Waals surface area contributed by atoms with Gasteiger partial charge in [-0.25, -0.2) is 8.42 Å². The number of anilines is 2. The zero-order valence-corrected chi connectivity index (χ0v) is 21.1. The van der Waals surface area contributed by atoms with E-state index in [2.05, 4.69) is 12.2 Å². The van der Waals surface area contributed by atoms with Crippen molar-refractivity contribution >= 4 is 27.3 Å². The maximum absolute atomic E-state index is 13.2. The highest BCUT2D eigenvalue weighted by atomic mass is 32.2. The molecule has 0 spiro atoms. The summed E-state index contributed by atoms with van der Waals surface area (Å²) in [5.74, 6) is 1.22. The Morgan fingerprint density at radius 1 is 0.943 bits per heavy atom. The zero-order valence-electron chi connectivity index (χ0n) is 20.3. The minimum Gasteiger partial charge on any atom is -0.497 e. The number of hydrogen-bond acceptors (Lipinski definition) is 6. The van der Waals surface area contributed by atoms with Gasteiger partial charge in [-0.2, -0.15) is 0 Å². The number of amides is 1. The normalized spacial score (nSPS) is 11.0. The fourth-order valence-corrected chi connectivity index (χ4v) is 4.51. The van der Waals surface area contributed by atoms with E-state index in [0.717, 1.165) is 17.1 Å². The van der Waals surface area contributed by atoms with E-state index in [9.17, 15) is 13.2 Å². The van der Waals surface area contributed by atoms with E-state index in [1.165, 1.54) is 39.5 Å². The molecule has 0 atom stereocenters. The van der Waals surface area contributed by atoms with Gasteiger partial charge in [0.15, 0.2) is 0 Å². The maximum atomic E-state index is 13.2. The van der Waals surface area contributed by atoms with Gasteiger partial charge in [-0.3, -0.25) is 9.10 Å². The van der Waals surface area contributed by atoms with Crippen LogP contribution in [0, 0.1) is 0 Å². The van der Waals surface area contributed by atoms with E-state index in [4.69, 9.17) is 14.2 Å². The summed E-state index contributed by atoms with van der Waals surface area (Å²) < 4.78 is 43.8. The standard InChI is InChI=1S/C26H30N2O6S/c1-5-6-16-34-25-15-14-22(33-4)18-24(25)27-26(29)19-8-7-9-23(17-19)35(30,31)28(2)20-10-12-21(32-3)13-11-20/h7-15,17-18H,5-6,16H2,1-4H3,(H,27,29). The molecule has 3 rings (SSSR count). The van der Waals surface area contributed by atoms with E-state index >= 15 is 0 Å². The van der Waals surface area contributed by atoms with E-state index in [-0.39, 0.29) is 10.5 Å². The first-order valence-corrected chi connectivity index (χ1v) is 12.6. The topological polar surface area (TPSA) is 94.2 Å². The Labute approximate surface area is 206 Å². The summed E-state index contributed by atoms with van der Waals surface area (Å²) in [4.78, 5) is 13.0. The second-order valence-corrected chi connectivity index (χ2v) is 9.69. The first-order chi connectivity index (χ1) is 16.8. The van der Waals surface area contributed by atoms with Crippen molar-refractivity contribution in [2.45, 2.75) is 24.7 Å². The molecule has 3 aromatic rings. The SMILES string of the molecule is CCCCOc1ccc(OC)cc1NC(=O)c1cccc(S(=O)(=O)N(C)c2ccc(OC)cc2)c1. The van der Waals surface area contributed by atoms with Crippen LogP contribution in [0.5, 0.6) is 17.2 Å². The van der Waals surface area contributed by atoms with Gasteiger partial charge in [0.25, 0.3) is 15.9 Å². The predicted molar refractivity (Wildman–Crippen MR) is 136 cm³/mol. The molecule has 0 radical (unpaired) electrons. The van der Waals surface area contributed by atoms with Gasteiger partial charge in [-0.05, 0) is 61.0 Å². The second-order valence-electron chi connectivity index (χ2n) is 7.72. The summed E-state index contributed by atoms with van der Waals surface area (Å²) in [5.41, 5.74) is 1.09. The van der Waals surface area contributed by atoms with E-state index in [1.54, 1.807) is 48.5 Å². The first-order valence-electron chi connectivity index (χ1n) is 11.2. The first kappa shape index (κ1) is 25.9. The third-order valence-corrected chi connectivity index (χ3v) is 7.16. The van der Waals surface area contributed by atoms with Crippen molar-refractivity contribution in [1.82, 2.24) is 0 Å². The molecule has 0 saturated heterocycles. The number of sulfonamides is 1. The van der Waals surface area contributed by atoms with Crippen molar-refractivity contribution in [3.8, 4) is 17.2 Å². The zero-order chi connectivity index (χ0) is 25.4. The quantitative estimate of drug-likeness (QED) is 0.376. The average Bonchev–Trinajstić information content (AvgIpc) is 2.89. The number of ether oxygens (including phenoxy) is 3. The molecular weight excluding hydrogens is 468 g/mol. The van der Waals surface area contributed by atoms with Crippen molar-refractivity contribution in [3.05, 3.63) is 72.3 Å². The van der Waals surface area contributed by atoms with Crippen LogP contribution in [0.3, 0.4) is 0 Å². The molecule has 35 heavy (non-hydrogen) atoms. The number of carbonyl (C=O) groups is 1. The van der Waals surface area contributed by atoms with Crippen LogP contribution in [0.4, 0.5) is 11.4 Å². The van der Waals surface area contributed by atoms with Gasteiger partial charge in [0.1, 0.15) is 17.2 Å². The lowest BCUT2D eigenvalue weighted by Crippen LogP contribution is -2.26. The average molecular weight is 499 g/mol. The van der Waals surface area contributed by atoms with Crippen LogP contribution in [0.25, 0.3) is 0 Å². The minimum atomic E-state index is -3.91. The third-order valence-electron chi connectivity index (χ3n) is 5.38. The largest absolute Gasteiger partial charge is 0.497 e. The van der Waals surface area contributed by atoms with Gasteiger partial charge in [-0.1, -0.05) is 19.4 Å². The number of rotatable bonds is 11. The number of nitrogens with zero attached hydrogens (tertiary/aromatic N) is 1. The number of hydrogen-bond donors (Lipinski definition) is 1. The Hall–Kier alpha value is -3.72. The number of nitrogens with one attached hydrogen (secondary N) is 1. The Kier molecular flexibility index (Phi) is 8.59. The van der Waals surface area contributed by atoms with E-state index < -0.39 is 15.9 Å². The van der Waals surface area contributed by atoms with Crippen molar-refractivity contribution < 1.29 is 27.4 Å². The van der Waals surface area contributed by atoms with E-state index in [0.29, 0.717) is 35.2 Å². The fourth-order valence-electron chi connectivity index (χ4n) is 3.27. The highest BCUT2D eigenvalue weighted by Gasteiger charge is 2.23. The predicted octanol–water partition coefficient (Wildman–Crippen LogP) is 4.96. The van der Waals surface area contributed by atoms with Gasteiger partial charge < -0.3 is 19.5 Å². The summed E-state index contributed by atoms with van der Waals surface area (Å²) in [6, 6.07) is 17.7. The molecule has 0 heterocycles. The van der Waals surface area contributed by atoms with Gasteiger partial charge in [0.2, 0.25) is 0 Å². The van der Waals surface area contributed by atoms with Crippen LogP contribution in [0.1, 0.15) is 30.1 Å². The Morgan fingerprint density at radius 2 is 1.63 bits per heavy atom. The van der Waals surface area contributed by atoms with Crippen molar-refractivity contribution in [1.29, 1.82) is 0 Å².